The second-order valence-electron chi connectivity index (χ2n) is 12.4. The average molecular weight is 469 g/mol. The van der Waals surface area contributed by atoms with E-state index in [1.54, 1.807) is 0 Å². The SMILES string of the molecule is CC(C)(C)OC(=O)C1=C(C(=O)OC(C)(C)C)[C@H]2[C@@H](/C1=C\[Si](C)(C)C)[C@H]1O[C@@H]2c2ccccc21. The van der Waals surface area contributed by atoms with Gasteiger partial charge in [-0.25, -0.2) is 9.59 Å². The molecule has 1 aromatic rings. The summed E-state index contributed by atoms with van der Waals surface area (Å²) < 4.78 is 18.2. The van der Waals surface area contributed by atoms with Gasteiger partial charge in [0.2, 0.25) is 0 Å². The highest BCUT2D eigenvalue weighted by molar-refractivity contribution is 6.81. The molecule has 33 heavy (non-hydrogen) atoms. The first-order valence-electron chi connectivity index (χ1n) is 11.8. The minimum atomic E-state index is -1.77. The van der Waals surface area contributed by atoms with Crippen molar-refractivity contribution in [2.45, 2.75) is 84.6 Å². The molecule has 4 rings (SSSR count). The molecule has 1 fully saturated rings. The normalized spacial score (nSPS) is 27.6. The topological polar surface area (TPSA) is 61.8 Å². The van der Waals surface area contributed by atoms with Gasteiger partial charge < -0.3 is 14.2 Å². The summed E-state index contributed by atoms with van der Waals surface area (Å²) in [4.78, 5) is 27.2. The number of hydrogen-bond acceptors (Lipinski definition) is 5. The minimum absolute atomic E-state index is 0.0957. The molecular formula is C27H36O5Si. The molecule has 178 valence electrons. The highest BCUT2D eigenvalue weighted by Crippen LogP contribution is 2.66. The molecule has 1 aliphatic carbocycles. The Balaban J connectivity index is 1.94. The third-order valence-electron chi connectivity index (χ3n) is 6.00. The van der Waals surface area contributed by atoms with E-state index in [2.05, 4.69) is 37.5 Å². The number of carbonyl (C=O) groups is 2. The first kappa shape index (κ1) is 24.0. The molecule has 0 spiro atoms. The van der Waals surface area contributed by atoms with Gasteiger partial charge in [0.1, 0.15) is 11.2 Å². The van der Waals surface area contributed by atoms with E-state index in [4.69, 9.17) is 14.2 Å². The second-order valence-corrected chi connectivity index (χ2v) is 17.4. The molecule has 3 aliphatic rings. The molecule has 0 radical (unpaired) electrons. The van der Waals surface area contributed by atoms with Gasteiger partial charge in [-0.2, -0.15) is 0 Å². The van der Waals surface area contributed by atoms with Crippen molar-refractivity contribution in [1.82, 2.24) is 0 Å². The molecule has 0 amide bonds. The van der Waals surface area contributed by atoms with Crippen LogP contribution >= 0.6 is 0 Å². The summed E-state index contributed by atoms with van der Waals surface area (Å²) in [6.45, 7) is 17.8. The Morgan fingerprint density at radius 2 is 1.33 bits per heavy atom. The predicted octanol–water partition coefficient (Wildman–Crippen LogP) is 5.84. The monoisotopic (exact) mass is 468 g/mol. The predicted molar refractivity (Wildman–Crippen MR) is 130 cm³/mol. The van der Waals surface area contributed by atoms with Crippen molar-refractivity contribution in [3.63, 3.8) is 0 Å². The van der Waals surface area contributed by atoms with Gasteiger partial charge in [0.25, 0.3) is 0 Å². The van der Waals surface area contributed by atoms with Crippen LogP contribution in [-0.2, 0) is 23.8 Å². The molecule has 2 aliphatic heterocycles. The first-order valence-corrected chi connectivity index (χ1v) is 15.3. The van der Waals surface area contributed by atoms with E-state index in [1.165, 1.54) is 0 Å². The number of carbonyl (C=O) groups excluding carboxylic acids is 2. The smallest absolute Gasteiger partial charge is 0.339 e. The van der Waals surface area contributed by atoms with E-state index in [1.807, 2.05) is 53.7 Å². The molecular weight excluding hydrogens is 432 g/mol. The average Bonchev–Trinajstić information content (AvgIpc) is 3.26. The lowest BCUT2D eigenvalue weighted by Gasteiger charge is -2.28. The van der Waals surface area contributed by atoms with Crippen LogP contribution in [0.15, 0.2) is 46.7 Å². The highest BCUT2D eigenvalue weighted by Gasteiger charge is 2.61. The van der Waals surface area contributed by atoms with E-state index >= 15 is 0 Å². The molecule has 0 aromatic heterocycles. The van der Waals surface area contributed by atoms with Crippen molar-refractivity contribution in [3.05, 3.63) is 57.8 Å². The maximum absolute atomic E-state index is 13.6. The summed E-state index contributed by atoms with van der Waals surface area (Å²) in [5, 5.41) is 0. The Kier molecular flexibility index (Phi) is 5.57. The Bertz CT molecular complexity index is 1060. The zero-order chi connectivity index (χ0) is 24.5. The zero-order valence-corrected chi connectivity index (χ0v) is 22.2. The van der Waals surface area contributed by atoms with Crippen LogP contribution in [0.1, 0.15) is 64.9 Å². The molecule has 2 heterocycles. The van der Waals surface area contributed by atoms with Gasteiger partial charge in [0, 0.05) is 11.8 Å². The number of rotatable bonds is 3. The second kappa shape index (κ2) is 7.67. The lowest BCUT2D eigenvalue weighted by Crippen LogP contribution is -2.30. The van der Waals surface area contributed by atoms with Gasteiger partial charge in [-0.3, -0.25) is 0 Å². The molecule has 6 heteroatoms. The quantitative estimate of drug-likeness (QED) is 0.412. The van der Waals surface area contributed by atoms with Crippen LogP contribution in [0.5, 0.6) is 0 Å². The van der Waals surface area contributed by atoms with Gasteiger partial charge in [0.15, 0.2) is 0 Å². The number of hydrogen-bond donors (Lipinski definition) is 0. The van der Waals surface area contributed by atoms with Crippen molar-refractivity contribution < 1.29 is 23.8 Å². The summed E-state index contributed by atoms with van der Waals surface area (Å²) >= 11 is 0. The van der Waals surface area contributed by atoms with Crippen molar-refractivity contribution in [2.75, 3.05) is 0 Å². The van der Waals surface area contributed by atoms with Crippen molar-refractivity contribution in [1.29, 1.82) is 0 Å². The fraction of sp³-hybridized carbons (Fsp3) is 0.556. The lowest BCUT2D eigenvalue weighted by atomic mass is 9.74. The molecule has 5 nitrogen and oxygen atoms in total. The minimum Gasteiger partial charge on any atom is -0.457 e. The van der Waals surface area contributed by atoms with Crippen LogP contribution in [0.2, 0.25) is 19.6 Å². The molecule has 1 saturated heterocycles. The standard InChI is InChI=1S/C27H36O5Si/c1-26(2,3)31-24(28)19-17(14-33(7,8)9)18-20(21(19)25(29)32-27(4,5)6)23-16-13-11-10-12-15(16)22(18)30-23/h10-14,18,20,22-23H,1-9H3/b17-14+/t18-,20-,22+,23-/m1/s1. The maximum Gasteiger partial charge on any atom is 0.339 e. The van der Waals surface area contributed by atoms with Crippen LogP contribution in [0.25, 0.3) is 0 Å². The van der Waals surface area contributed by atoms with Gasteiger partial charge in [0.05, 0.1) is 31.4 Å². The molecule has 1 aromatic carbocycles. The summed E-state index contributed by atoms with van der Waals surface area (Å²) in [6, 6.07) is 8.18. The van der Waals surface area contributed by atoms with Crippen molar-refractivity contribution in [3.8, 4) is 0 Å². The van der Waals surface area contributed by atoms with E-state index in [-0.39, 0.29) is 24.0 Å². The molecule has 0 unspecified atom stereocenters. The number of ether oxygens (including phenoxy) is 3. The summed E-state index contributed by atoms with van der Waals surface area (Å²) in [5.74, 6) is -1.26. The zero-order valence-electron chi connectivity index (χ0n) is 21.2. The van der Waals surface area contributed by atoms with Gasteiger partial charge in [-0.15, -0.1) is 0 Å². The van der Waals surface area contributed by atoms with Crippen molar-refractivity contribution >= 4 is 20.0 Å². The van der Waals surface area contributed by atoms with Crippen LogP contribution in [0.4, 0.5) is 0 Å². The van der Waals surface area contributed by atoms with Crippen molar-refractivity contribution in [2.24, 2.45) is 11.8 Å². The Morgan fingerprint density at radius 1 is 0.848 bits per heavy atom. The summed E-state index contributed by atoms with van der Waals surface area (Å²) in [7, 11) is -1.77. The molecule has 4 atom stereocenters. The van der Waals surface area contributed by atoms with Crippen LogP contribution < -0.4 is 0 Å². The van der Waals surface area contributed by atoms with E-state index < -0.39 is 31.2 Å². The Labute approximate surface area is 198 Å². The molecule has 0 saturated carbocycles. The third kappa shape index (κ3) is 4.47. The third-order valence-corrected chi connectivity index (χ3v) is 7.18. The van der Waals surface area contributed by atoms with Gasteiger partial charge in [-0.1, -0.05) is 49.6 Å². The van der Waals surface area contributed by atoms with Crippen LogP contribution in [-0.4, -0.2) is 31.2 Å². The fourth-order valence-corrected chi connectivity index (χ4v) is 6.48. The maximum atomic E-state index is 13.6. The van der Waals surface area contributed by atoms with E-state index in [0.717, 1.165) is 16.7 Å². The summed E-state index contributed by atoms with van der Waals surface area (Å²) in [6.07, 6.45) is -0.458. The van der Waals surface area contributed by atoms with Crippen LogP contribution in [0, 0.1) is 11.8 Å². The number of esters is 2. The molecule has 2 bridgehead atoms. The molecule has 0 N–H and O–H groups in total. The van der Waals surface area contributed by atoms with Crippen LogP contribution in [0.3, 0.4) is 0 Å². The van der Waals surface area contributed by atoms with E-state index in [9.17, 15) is 9.59 Å². The number of benzene rings is 1. The fourth-order valence-electron chi connectivity index (χ4n) is 5.21. The van der Waals surface area contributed by atoms with Gasteiger partial charge >= 0.3 is 11.9 Å². The number of fused-ring (bicyclic) bond motifs is 8. The summed E-state index contributed by atoms with van der Waals surface area (Å²) in [5.41, 5.74) is 4.84. The van der Waals surface area contributed by atoms with E-state index in [0.29, 0.717) is 11.1 Å². The Morgan fingerprint density at radius 3 is 1.82 bits per heavy atom. The largest absolute Gasteiger partial charge is 0.457 e. The van der Waals surface area contributed by atoms with Gasteiger partial charge in [-0.05, 0) is 58.2 Å². The Hall–Kier alpha value is -2.18. The lowest BCUT2D eigenvalue weighted by molar-refractivity contribution is -0.153. The first-order chi connectivity index (χ1) is 15.1. The highest BCUT2D eigenvalue weighted by atomic mass is 28.3.